The fourth-order valence-electron chi connectivity index (χ4n) is 2.27. The molecule has 138 valence electrons. The van der Waals surface area contributed by atoms with Crippen LogP contribution in [0, 0.1) is 22.9 Å². The Hall–Kier alpha value is -2.97. The molecule has 0 radical (unpaired) electrons. The predicted molar refractivity (Wildman–Crippen MR) is 102 cm³/mol. The normalized spacial score (nSPS) is 10.5. The lowest BCUT2D eigenvalue weighted by Gasteiger charge is -2.10. The van der Waals surface area contributed by atoms with Crippen molar-refractivity contribution in [1.29, 1.82) is 0 Å². The van der Waals surface area contributed by atoms with Gasteiger partial charge >= 0.3 is 0 Å². The zero-order chi connectivity index (χ0) is 19.6. The molecule has 0 spiro atoms. The van der Waals surface area contributed by atoms with E-state index < -0.39 is 16.6 Å². The number of ether oxygens (including phenoxy) is 1. The van der Waals surface area contributed by atoms with E-state index in [1.54, 1.807) is 30.5 Å². The number of halogens is 2. The average molecular weight is 407 g/mol. The third-order valence-corrected chi connectivity index (χ3v) is 5.00. The number of thiophene rings is 1. The Balaban J connectivity index is 1.83. The number of nitro groups is 1. The highest BCUT2D eigenvalue weighted by atomic mass is 35.5. The number of carbonyl (C=O) groups excluding carboxylic acids is 1. The van der Waals surface area contributed by atoms with Crippen LogP contribution < -0.4 is 10.1 Å². The van der Waals surface area contributed by atoms with Gasteiger partial charge in [-0.15, -0.1) is 11.3 Å². The van der Waals surface area contributed by atoms with Gasteiger partial charge in [0.05, 0.1) is 11.0 Å². The van der Waals surface area contributed by atoms with Crippen LogP contribution >= 0.6 is 22.9 Å². The Kier molecular flexibility index (Phi) is 5.38. The summed E-state index contributed by atoms with van der Waals surface area (Å²) in [5.41, 5.74) is 0.876. The van der Waals surface area contributed by atoms with Crippen LogP contribution in [0.15, 0.2) is 47.8 Å². The highest BCUT2D eigenvalue weighted by Crippen LogP contribution is 2.33. The molecular weight excluding hydrogens is 395 g/mol. The molecule has 1 N–H and O–H groups in total. The van der Waals surface area contributed by atoms with E-state index in [2.05, 4.69) is 5.32 Å². The molecule has 0 aliphatic rings. The minimum Gasteiger partial charge on any atom is -0.453 e. The van der Waals surface area contributed by atoms with Crippen molar-refractivity contribution in [1.82, 2.24) is 0 Å². The van der Waals surface area contributed by atoms with Crippen LogP contribution in [0.3, 0.4) is 0 Å². The van der Waals surface area contributed by atoms with Crippen molar-refractivity contribution in [3.63, 3.8) is 0 Å². The molecule has 0 unspecified atom stereocenters. The Morgan fingerprint density at radius 2 is 2.04 bits per heavy atom. The summed E-state index contributed by atoms with van der Waals surface area (Å²) in [5.74, 6) is -1.41. The van der Waals surface area contributed by atoms with E-state index in [1.807, 2.05) is 0 Å². The van der Waals surface area contributed by atoms with Gasteiger partial charge in [0.1, 0.15) is 4.88 Å². The molecule has 0 aliphatic carbocycles. The van der Waals surface area contributed by atoms with Gasteiger partial charge < -0.3 is 10.1 Å². The molecule has 9 heteroatoms. The minimum atomic E-state index is -0.896. The van der Waals surface area contributed by atoms with Crippen molar-refractivity contribution in [2.24, 2.45) is 0 Å². The maximum Gasteiger partial charge on any atom is 0.272 e. The highest BCUT2D eigenvalue weighted by molar-refractivity contribution is 7.12. The molecule has 1 heterocycles. The molecule has 0 saturated carbocycles. The second kappa shape index (κ2) is 7.73. The molecule has 0 atom stereocenters. The lowest BCUT2D eigenvalue weighted by Crippen LogP contribution is -2.12. The third kappa shape index (κ3) is 4.07. The molecule has 3 rings (SSSR count). The van der Waals surface area contributed by atoms with Crippen LogP contribution in [-0.4, -0.2) is 10.8 Å². The number of nitrogens with zero attached hydrogens (tertiary/aromatic N) is 1. The molecule has 0 saturated heterocycles. The van der Waals surface area contributed by atoms with Gasteiger partial charge in [0, 0.05) is 16.8 Å². The van der Waals surface area contributed by atoms with Gasteiger partial charge in [-0.1, -0.05) is 17.7 Å². The number of carbonyl (C=O) groups is 1. The van der Waals surface area contributed by atoms with Crippen molar-refractivity contribution in [3.8, 4) is 11.5 Å². The SMILES string of the molecule is Cc1c(Cl)cccc1NC(=O)c1sccc1Oc1ccc([N+](=O)[O-])cc1F. The van der Waals surface area contributed by atoms with E-state index in [4.69, 9.17) is 16.3 Å². The Morgan fingerprint density at radius 3 is 2.74 bits per heavy atom. The first-order valence-electron chi connectivity index (χ1n) is 7.62. The van der Waals surface area contributed by atoms with Crippen LogP contribution in [0.25, 0.3) is 0 Å². The Bertz CT molecular complexity index is 1040. The topological polar surface area (TPSA) is 81.5 Å². The van der Waals surface area contributed by atoms with Crippen LogP contribution in [0.2, 0.25) is 5.02 Å². The molecule has 0 fully saturated rings. The Labute approximate surface area is 162 Å². The molecular formula is C18H12ClFN2O4S. The quantitative estimate of drug-likeness (QED) is 0.428. The average Bonchev–Trinajstić information content (AvgIpc) is 3.09. The summed E-state index contributed by atoms with van der Waals surface area (Å²) in [4.78, 5) is 22.8. The van der Waals surface area contributed by atoms with Gasteiger partial charge in [0.15, 0.2) is 17.3 Å². The first-order chi connectivity index (χ1) is 12.9. The van der Waals surface area contributed by atoms with Gasteiger partial charge in [-0.3, -0.25) is 14.9 Å². The van der Waals surface area contributed by atoms with E-state index in [0.29, 0.717) is 16.3 Å². The number of hydrogen-bond donors (Lipinski definition) is 1. The number of amides is 1. The molecule has 0 aliphatic heterocycles. The lowest BCUT2D eigenvalue weighted by molar-refractivity contribution is -0.385. The minimum absolute atomic E-state index is 0.143. The second-order valence-corrected chi connectivity index (χ2v) is 6.78. The van der Waals surface area contributed by atoms with Gasteiger partial charge in [-0.05, 0) is 42.1 Å². The molecule has 6 nitrogen and oxygen atoms in total. The van der Waals surface area contributed by atoms with Crippen LogP contribution in [0.1, 0.15) is 15.2 Å². The summed E-state index contributed by atoms with van der Waals surface area (Å²) < 4.78 is 19.5. The number of nitrogens with one attached hydrogen (secondary N) is 1. The van der Waals surface area contributed by atoms with Gasteiger partial charge in [-0.2, -0.15) is 0 Å². The Morgan fingerprint density at radius 1 is 1.26 bits per heavy atom. The number of benzene rings is 2. The maximum atomic E-state index is 14.0. The van der Waals surface area contributed by atoms with Crippen LogP contribution in [0.5, 0.6) is 11.5 Å². The van der Waals surface area contributed by atoms with Crippen LogP contribution in [0.4, 0.5) is 15.8 Å². The van der Waals surface area contributed by atoms with Gasteiger partial charge in [0.25, 0.3) is 11.6 Å². The summed E-state index contributed by atoms with van der Waals surface area (Å²) in [6, 6.07) is 9.69. The van der Waals surface area contributed by atoms with E-state index in [-0.39, 0.29) is 22.1 Å². The first kappa shape index (κ1) is 18.8. The zero-order valence-electron chi connectivity index (χ0n) is 13.9. The monoisotopic (exact) mass is 406 g/mol. The molecule has 2 aromatic carbocycles. The fraction of sp³-hybridized carbons (Fsp3) is 0.0556. The van der Waals surface area contributed by atoms with Crippen LogP contribution in [-0.2, 0) is 0 Å². The molecule has 1 aromatic heterocycles. The third-order valence-electron chi connectivity index (χ3n) is 3.70. The van der Waals surface area contributed by atoms with E-state index >= 15 is 0 Å². The number of non-ortho nitro benzene ring substituents is 1. The summed E-state index contributed by atoms with van der Waals surface area (Å²) >= 11 is 7.17. The smallest absolute Gasteiger partial charge is 0.272 e. The second-order valence-electron chi connectivity index (χ2n) is 5.45. The van der Waals surface area contributed by atoms with Crippen molar-refractivity contribution in [3.05, 3.63) is 79.2 Å². The zero-order valence-corrected chi connectivity index (χ0v) is 15.4. The number of rotatable bonds is 5. The van der Waals surface area contributed by atoms with Crippen molar-refractivity contribution >= 4 is 40.2 Å². The largest absolute Gasteiger partial charge is 0.453 e. The summed E-state index contributed by atoms with van der Waals surface area (Å²) in [6.07, 6.45) is 0. The lowest BCUT2D eigenvalue weighted by atomic mass is 10.2. The fourth-order valence-corrected chi connectivity index (χ4v) is 3.16. The highest BCUT2D eigenvalue weighted by Gasteiger charge is 2.19. The molecule has 1 amide bonds. The maximum absolute atomic E-state index is 14.0. The van der Waals surface area contributed by atoms with Crippen molar-refractivity contribution in [2.45, 2.75) is 6.92 Å². The molecule has 3 aromatic rings. The van der Waals surface area contributed by atoms with Crippen molar-refractivity contribution in [2.75, 3.05) is 5.32 Å². The molecule has 27 heavy (non-hydrogen) atoms. The first-order valence-corrected chi connectivity index (χ1v) is 8.88. The summed E-state index contributed by atoms with van der Waals surface area (Å²) in [5, 5.41) is 15.6. The number of anilines is 1. The number of hydrogen-bond acceptors (Lipinski definition) is 5. The standard InChI is InChI=1S/C18H12ClFN2O4S/c1-10-12(19)3-2-4-14(10)21-18(23)17-16(7-8-27-17)26-15-6-5-11(22(24)25)9-13(15)20/h2-9H,1H3,(H,21,23). The van der Waals surface area contributed by atoms with E-state index in [9.17, 15) is 19.3 Å². The summed E-state index contributed by atoms with van der Waals surface area (Å²) in [7, 11) is 0. The predicted octanol–water partition coefficient (Wildman–Crippen LogP) is 5.80. The number of nitro benzene ring substituents is 1. The van der Waals surface area contributed by atoms with Gasteiger partial charge in [-0.25, -0.2) is 4.39 Å². The van der Waals surface area contributed by atoms with E-state index in [1.165, 1.54) is 6.07 Å². The summed E-state index contributed by atoms with van der Waals surface area (Å²) in [6.45, 7) is 1.77. The van der Waals surface area contributed by atoms with Gasteiger partial charge in [0.2, 0.25) is 0 Å². The van der Waals surface area contributed by atoms with E-state index in [0.717, 1.165) is 29.5 Å². The van der Waals surface area contributed by atoms with Crippen molar-refractivity contribution < 1.29 is 18.8 Å². The molecule has 0 bridgehead atoms.